The minimum absolute atomic E-state index is 0.250. The Hall–Kier alpha value is -1.44. The maximum atomic E-state index is 12.6. The lowest BCUT2D eigenvalue weighted by Gasteiger charge is -2.23. The third-order valence-electron chi connectivity index (χ3n) is 11.3. The summed E-state index contributed by atoms with van der Waals surface area (Å²) in [5.41, 5.74) is 0. The number of aliphatic hydroxyl groups excluding tert-OH is 1. The second-order valence-corrected chi connectivity index (χ2v) is 18.6. The van der Waals surface area contributed by atoms with Crippen LogP contribution in [-0.4, -0.2) is 41.9 Å². The van der Waals surface area contributed by atoms with Gasteiger partial charge in [-0.15, -0.1) is 0 Å². The Morgan fingerprint density at radius 2 is 0.789 bits per heavy atom. The molecule has 0 aliphatic heterocycles. The van der Waals surface area contributed by atoms with Crippen LogP contribution in [0.4, 0.5) is 0 Å². The molecule has 3 N–H and O–H groups in total. The Labute approximate surface area is 355 Å². The summed E-state index contributed by atoms with van der Waals surface area (Å²) in [7, 11) is -4.32. The Bertz CT molecular complexity index is 1040. The maximum absolute atomic E-state index is 12.6. The molecule has 0 aromatic carbocycles. The van der Waals surface area contributed by atoms with Gasteiger partial charge in [-0.1, -0.05) is 237 Å². The van der Waals surface area contributed by atoms with Gasteiger partial charge in [-0.25, -0.2) is 0 Å². The van der Waals surface area contributed by atoms with Crippen molar-refractivity contribution < 1.29 is 22.9 Å². The molecule has 0 fully saturated rings. The fourth-order valence-corrected chi connectivity index (χ4v) is 8.40. The summed E-state index contributed by atoms with van der Waals surface area (Å²) in [6, 6.07) is -0.976. The fourth-order valence-electron chi connectivity index (χ4n) is 7.64. The van der Waals surface area contributed by atoms with Crippen molar-refractivity contribution in [3.05, 3.63) is 36.5 Å². The highest BCUT2D eigenvalue weighted by Crippen LogP contribution is 2.17. The minimum Gasteiger partial charge on any atom is -0.391 e. The van der Waals surface area contributed by atoms with Crippen molar-refractivity contribution in [3.8, 4) is 0 Å². The quantitative estimate of drug-likeness (QED) is 0.0322. The highest BCUT2D eigenvalue weighted by Gasteiger charge is 2.26. The fraction of sp³-hybridized carbons (Fsp3) is 0.860. The number of amides is 1. The third kappa shape index (κ3) is 45.5. The molecule has 0 aliphatic carbocycles. The smallest absolute Gasteiger partial charge is 0.266 e. The number of rotatable bonds is 45. The van der Waals surface area contributed by atoms with Gasteiger partial charge in [0.25, 0.3) is 10.1 Å². The lowest BCUT2D eigenvalue weighted by atomic mass is 10.0. The van der Waals surface area contributed by atoms with E-state index in [9.17, 15) is 22.9 Å². The van der Waals surface area contributed by atoms with Crippen LogP contribution in [0.15, 0.2) is 36.5 Å². The van der Waals surface area contributed by atoms with Gasteiger partial charge >= 0.3 is 0 Å². The molecular weight excluding hydrogens is 727 g/mol. The van der Waals surface area contributed by atoms with Crippen LogP contribution in [0.5, 0.6) is 0 Å². The molecule has 6 nitrogen and oxygen atoms in total. The first-order valence-electron chi connectivity index (χ1n) is 24.7. The first kappa shape index (κ1) is 55.6. The average molecular weight is 822 g/mol. The third-order valence-corrected chi connectivity index (χ3v) is 12.1. The molecule has 1 amide bonds. The van der Waals surface area contributed by atoms with Crippen molar-refractivity contribution in [2.45, 2.75) is 270 Å². The first-order chi connectivity index (χ1) is 27.8. The van der Waals surface area contributed by atoms with E-state index in [2.05, 4.69) is 55.6 Å². The molecule has 2 unspecified atom stereocenters. The van der Waals surface area contributed by atoms with Crippen molar-refractivity contribution in [2.24, 2.45) is 0 Å². The summed E-state index contributed by atoms with van der Waals surface area (Å²) in [4.78, 5) is 12.6. The summed E-state index contributed by atoms with van der Waals surface area (Å²) in [5.74, 6) is -0.900. The first-order valence-corrected chi connectivity index (χ1v) is 26.3. The van der Waals surface area contributed by atoms with E-state index in [4.69, 9.17) is 0 Å². The molecule has 2 atom stereocenters. The highest BCUT2D eigenvalue weighted by molar-refractivity contribution is 7.85. The van der Waals surface area contributed by atoms with Crippen LogP contribution in [0.2, 0.25) is 0 Å². The lowest BCUT2D eigenvalue weighted by molar-refractivity contribution is -0.122. The zero-order chi connectivity index (χ0) is 41.8. The number of nitrogens with one attached hydrogen (secondary N) is 1. The van der Waals surface area contributed by atoms with Gasteiger partial charge in [0.05, 0.1) is 17.9 Å². The van der Waals surface area contributed by atoms with E-state index in [0.29, 0.717) is 12.8 Å². The number of aliphatic hydroxyl groups is 1. The van der Waals surface area contributed by atoms with Gasteiger partial charge in [0.2, 0.25) is 5.91 Å². The molecule has 0 aromatic heterocycles. The number of hydrogen-bond acceptors (Lipinski definition) is 4. The number of carbonyl (C=O) groups excluding carboxylic acids is 1. The molecule has 0 saturated heterocycles. The van der Waals surface area contributed by atoms with Crippen molar-refractivity contribution in [2.75, 3.05) is 5.75 Å². The maximum Gasteiger partial charge on any atom is 0.266 e. The molecule has 0 bridgehead atoms. The zero-order valence-corrected chi connectivity index (χ0v) is 38.5. The second kappa shape index (κ2) is 44.1. The van der Waals surface area contributed by atoms with Crippen LogP contribution in [0.1, 0.15) is 258 Å². The summed E-state index contributed by atoms with van der Waals surface area (Å²) >= 11 is 0. The van der Waals surface area contributed by atoms with Crippen LogP contribution in [-0.2, 0) is 14.9 Å². The van der Waals surface area contributed by atoms with E-state index in [0.717, 1.165) is 57.8 Å². The summed E-state index contributed by atoms with van der Waals surface area (Å²) in [6.45, 7) is 4.54. The van der Waals surface area contributed by atoms with Crippen molar-refractivity contribution in [1.82, 2.24) is 5.32 Å². The average Bonchev–Trinajstić information content (AvgIpc) is 3.18. The molecule has 0 radical (unpaired) electrons. The highest BCUT2D eigenvalue weighted by atomic mass is 32.2. The van der Waals surface area contributed by atoms with Crippen molar-refractivity contribution in [3.63, 3.8) is 0 Å². The van der Waals surface area contributed by atoms with Crippen LogP contribution in [0, 0.1) is 0 Å². The Morgan fingerprint density at radius 1 is 0.474 bits per heavy atom. The van der Waals surface area contributed by atoms with Gasteiger partial charge in [-0.05, 0) is 51.4 Å². The van der Waals surface area contributed by atoms with E-state index in [1.807, 2.05) is 0 Å². The molecule has 7 heteroatoms. The van der Waals surface area contributed by atoms with Crippen LogP contribution >= 0.6 is 0 Å². The van der Waals surface area contributed by atoms with Crippen LogP contribution < -0.4 is 5.32 Å². The molecule has 0 spiro atoms. The summed E-state index contributed by atoms with van der Waals surface area (Å²) < 4.78 is 32.7. The van der Waals surface area contributed by atoms with Crippen LogP contribution in [0.25, 0.3) is 0 Å². The topological polar surface area (TPSA) is 104 Å². The lowest BCUT2D eigenvalue weighted by Crippen LogP contribution is -2.47. The number of unbranched alkanes of at least 4 members (excludes halogenated alkanes) is 31. The van der Waals surface area contributed by atoms with Gasteiger partial charge in [0.15, 0.2) is 0 Å². The monoisotopic (exact) mass is 822 g/mol. The Balaban J connectivity index is 3.79. The van der Waals surface area contributed by atoms with Gasteiger partial charge in [0.1, 0.15) is 0 Å². The van der Waals surface area contributed by atoms with Gasteiger partial charge in [-0.2, -0.15) is 8.42 Å². The summed E-state index contributed by atoms with van der Waals surface area (Å²) in [5, 5.41) is 13.4. The van der Waals surface area contributed by atoms with E-state index >= 15 is 0 Å². The molecular formula is C50H95NO5S. The van der Waals surface area contributed by atoms with Gasteiger partial charge in [-0.3, -0.25) is 9.35 Å². The van der Waals surface area contributed by atoms with Crippen molar-refractivity contribution in [1.29, 1.82) is 0 Å². The van der Waals surface area contributed by atoms with E-state index in [1.54, 1.807) is 0 Å². The van der Waals surface area contributed by atoms with Gasteiger partial charge < -0.3 is 10.4 Å². The number of carbonyl (C=O) groups is 1. The number of hydrogen-bond donors (Lipinski definition) is 3. The molecule has 0 saturated carbocycles. The van der Waals surface area contributed by atoms with E-state index < -0.39 is 28.0 Å². The minimum atomic E-state index is -4.32. The zero-order valence-electron chi connectivity index (χ0n) is 37.7. The van der Waals surface area contributed by atoms with E-state index in [-0.39, 0.29) is 5.91 Å². The normalized spacial score (nSPS) is 13.4. The van der Waals surface area contributed by atoms with Crippen molar-refractivity contribution >= 4 is 16.0 Å². The predicted molar refractivity (Wildman–Crippen MR) is 249 cm³/mol. The molecule has 0 rings (SSSR count). The molecule has 0 aromatic rings. The molecule has 0 heterocycles. The van der Waals surface area contributed by atoms with E-state index in [1.165, 1.54) is 173 Å². The van der Waals surface area contributed by atoms with Crippen LogP contribution in [0.3, 0.4) is 0 Å². The standard InChI is InChI=1S/C50H95NO5S/c1-3-5-7-9-11-13-15-17-19-21-23-24-25-26-28-30-32-34-36-38-40-42-44-46-50(53)51-48(47-57(54,55)56)49(52)45-43-41-39-37-35-33-31-29-27-22-20-18-16-14-12-10-8-6-4-2/h15,17,21,23,25-26,48-49,52H,3-14,16,18-20,22,24,27-47H2,1-2H3,(H,51,53)(H,54,55,56)/b17-15-,23-21-,26-25-. The molecule has 57 heavy (non-hydrogen) atoms. The molecule has 0 aliphatic rings. The summed E-state index contributed by atoms with van der Waals surface area (Å²) in [6.07, 6.45) is 58.2. The number of allylic oxidation sites excluding steroid dienone is 6. The van der Waals surface area contributed by atoms with Gasteiger partial charge in [0, 0.05) is 6.42 Å². The molecule has 336 valence electrons. The Morgan fingerprint density at radius 3 is 1.16 bits per heavy atom. The largest absolute Gasteiger partial charge is 0.391 e. The SMILES string of the molecule is CCCCCCC/C=C\C/C=C\C/C=C\CCCCCCCCCCC(=O)NC(CS(=O)(=O)O)C(O)CCCCCCCCCCCCCCCCCCCCC. The Kier molecular flexibility index (Phi) is 43.0. The second-order valence-electron chi connectivity index (χ2n) is 17.1. The predicted octanol–water partition coefficient (Wildman–Crippen LogP) is 15.3.